The Labute approximate surface area is 203 Å². The first-order chi connectivity index (χ1) is 17.1. The largest absolute Gasteiger partial charge is 0.490 e. The minimum atomic E-state index is -5.08. The molecule has 1 aliphatic rings. The number of carbonyl (C=O) groups is 2. The summed E-state index contributed by atoms with van der Waals surface area (Å²) in [7, 11) is 2.11. The molecule has 0 radical (unpaired) electrons. The van der Waals surface area contributed by atoms with E-state index in [-0.39, 0.29) is 24.5 Å². The molecule has 36 heavy (non-hydrogen) atoms. The highest BCUT2D eigenvalue weighted by molar-refractivity contribution is 5.77. The maximum atomic E-state index is 12.6. The van der Waals surface area contributed by atoms with Crippen molar-refractivity contribution in [1.29, 1.82) is 0 Å². The molecule has 3 N–H and O–H groups in total. The highest BCUT2D eigenvalue weighted by Crippen LogP contribution is 2.29. The molecule has 0 bridgehead atoms. The predicted octanol–water partition coefficient (Wildman–Crippen LogP) is 2.89. The Kier molecular flexibility index (Phi) is 7.20. The van der Waals surface area contributed by atoms with E-state index in [9.17, 15) is 18.0 Å². The van der Waals surface area contributed by atoms with Gasteiger partial charge >= 0.3 is 12.1 Å². The van der Waals surface area contributed by atoms with Crippen LogP contribution in [0.15, 0.2) is 48.5 Å². The topological polar surface area (TPSA) is 129 Å². The number of amides is 1. The minimum Gasteiger partial charge on any atom is -0.475 e. The van der Waals surface area contributed by atoms with Gasteiger partial charge in [-0.05, 0) is 44.2 Å². The lowest BCUT2D eigenvalue weighted by atomic mass is 9.97. The molecule has 4 aromatic rings. The normalized spacial score (nSPS) is 18.6. The van der Waals surface area contributed by atoms with Gasteiger partial charge in [-0.25, -0.2) is 9.78 Å². The summed E-state index contributed by atoms with van der Waals surface area (Å²) in [6.45, 7) is 1.02. The molecular formula is C23H24F3N7O3. The second kappa shape index (κ2) is 10.3. The molecule has 1 amide bonds. The van der Waals surface area contributed by atoms with Crippen molar-refractivity contribution in [1.82, 2.24) is 35.2 Å². The van der Waals surface area contributed by atoms with Gasteiger partial charge in [0.1, 0.15) is 23.4 Å². The van der Waals surface area contributed by atoms with E-state index in [0.717, 1.165) is 47.3 Å². The van der Waals surface area contributed by atoms with Crippen molar-refractivity contribution in [2.45, 2.75) is 37.6 Å². The van der Waals surface area contributed by atoms with Crippen LogP contribution >= 0.6 is 0 Å². The first kappa shape index (κ1) is 25.1. The standard InChI is InChI=1S/C21H23N7O.C2HF3O2/c1-27-11-10-14(12-19(27)21-23-15-6-2-3-7-16(15)24-21)22-20(29)13-28-25-17-8-4-5-9-18(17)26-28;3-2(4,5)1(6)7/h2-9,14,19H,10-13H2,1H3,(H,22,29)(H,23,24);(H,6,7)/t14-,19-;/m1./s1. The lowest BCUT2D eigenvalue weighted by Crippen LogP contribution is -2.46. The molecule has 2 aromatic heterocycles. The molecule has 1 saturated heterocycles. The maximum Gasteiger partial charge on any atom is 0.490 e. The van der Waals surface area contributed by atoms with E-state index in [2.05, 4.69) is 32.4 Å². The molecule has 1 fully saturated rings. The fourth-order valence-electron chi connectivity index (χ4n) is 4.04. The van der Waals surface area contributed by atoms with Crippen molar-refractivity contribution in [3.05, 3.63) is 54.4 Å². The average Bonchev–Trinajstić information content (AvgIpc) is 3.43. The molecule has 190 valence electrons. The maximum absolute atomic E-state index is 12.6. The van der Waals surface area contributed by atoms with Gasteiger partial charge in [-0.2, -0.15) is 28.2 Å². The molecule has 10 nitrogen and oxygen atoms in total. The Morgan fingerprint density at radius 1 is 1.08 bits per heavy atom. The number of piperidine rings is 1. The van der Waals surface area contributed by atoms with Crippen LogP contribution in [-0.2, 0) is 16.1 Å². The van der Waals surface area contributed by atoms with Crippen LogP contribution in [0.2, 0.25) is 0 Å². The average molecular weight is 503 g/mol. The van der Waals surface area contributed by atoms with Gasteiger partial charge < -0.3 is 15.4 Å². The van der Waals surface area contributed by atoms with Crippen molar-refractivity contribution >= 4 is 33.9 Å². The van der Waals surface area contributed by atoms with Crippen LogP contribution in [0, 0.1) is 0 Å². The van der Waals surface area contributed by atoms with Gasteiger partial charge in [-0.3, -0.25) is 9.69 Å². The monoisotopic (exact) mass is 503 g/mol. The van der Waals surface area contributed by atoms with E-state index in [1.807, 2.05) is 48.5 Å². The van der Waals surface area contributed by atoms with E-state index < -0.39 is 12.1 Å². The molecule has 2 aromatic carbocycles. The number of rotatable bonds is 4. The second-order valence-electron chi connectivity index (χ2n) is 8.45. The number of imidazole rings is 1. The number of hydrogen-bond acceptors (Lipinski definition) is 6. The van der Waals surface area contributed by atoms with Gasteiger partial charge in [-0.1, -0.05) is 24.3 Å². The fourth-order valence-corrected chi connectivity index (χ4v) is 4.04. The third kappa shape index (κ3) is 5.97. The molecule has 2 atom stereocenters. The van der Waals surface area contributed by atoms with Gasteiger partial charge in [0.15, 0.2) is 0 Å². The summed E-state index contributed by atoms with van der Waals surface area (Å²) in [6, 6.07) is 15.9. The smallest absolute Gasteiger partial charge is 0.475 e. The lowest BCUT2D eigenvalue weighted by Gasteiger charge is -2.36. The highest BCUT2D eigenvalue weighted by Gasteiger charge is 2.38. The number of aromatic nitrogens is 5. The van der Waals surface area contributed by atoms with Crippen LogP contribution in [0.25, 0.3) is 22.1 Å². The molecule has 1 aliphatic heterocycles. The number of carbonyl (C=O) groups excluding carboxylic acids is 1. The zero-order valence-corrected chi connectivity index (χ0v) is 19.2. The van der Waals surface area contributed by atoms with E-state index >= 15 is 0 Å². The highest BCUT2D eigenvalue weighted by atomic mass is 19.4. The number of nitrogens with one attached hydrogen (secondary N) is 2. The van der Waals surface area contributed by atoms with E-state index in [1.165, 1.54) is 4.80 Å². The number of aromatic amines is 1. The summed E-state index contributed by atoms with van der Waals surface area (Å²) in [5.74, 6) is -1.87. The van der Waals surface area contributed by atoms with Crippen LogP contribution in [0.5, 0.6) is 0 Å². The van der Waals surface area contributed by atoms with Crippen LogP contribution in [0.3, 0.4) is 0 Å². The van der Waals surface area contributed by atoms with Crippen molar-refractivity contribution in [3.63, 3.8) is 0 Å². The summed E-state index contributed by atoms with van der Waals surface area (Å²) in [4.78, 5) is 33.4. The Bertz CT molecular complexity index is 1300. The van der Waals surface area contributed by atoms with Crippen LogP contribution in [0.1, 0.15) is 24.7 Å². The molecule has 3 heterocycles. The van der Waals surface area contributed by atoms with E-state index in [4.69, 9.17) is 14.9 Å². The number of likely N-dealkylation sites (tertiary alicyclic amines) is 1. The number of H-pyrrole nitrogens is 1. The van der Waals surface area contributed by atoms with Crippen molar-refractivity contribution in [2.24, 2.45) is 0 Å². The van der Waals surface area contributed by atoms with Crippen LogP contribution in [0.4, 0.5) is 13.2 Å². The number of fused-ring (bicyclic) bond motifs is 2. The number of carboxylic acid groups (broad SMARTS) is 1. The number of hydrogen-bond donors (Lipinski definition) is 3. The van der Waals surface area contributed by atoms with E-state index in [0.29, 0.717) is 0 Å². The Hall–Kier alpha value is -4.00. The lowest BCUT2D eigenvalue weighted by molar-refractivity contribution is -0.192. The summed E-state index contributed by atoms with van der Waals surface area (Å²) in [5, 5.41) is 19.0. The van der Waals surface area contributed by atoms with Crippen LogP contribution < -0.4 is 5.32 Å². The number of aliphatic carboxylic acids is 1. The Morgan fingerprint density at radius 3 is 2.25 bits per heavy atom. The Balaban J connectivity index is 0.000000384. The first-order valence-corrected chi connectivity index (χ1v) is 11.1. The molecule has 0 saturated carbocycles. The van der Waals surface area contributed by atoms with Gasteiger partial charge in [0, 0.05) is 12.6 Å². The molecule has 0 unspecified atom stereocenters. The molecule has 5 rings (SSSR count). The third-order valence-corrected chi connectivity index (χ3v) is 5.81. The number of benzene rings is 2. The predicted molar refractivity (Wildman–Crippen MR) is 124 cm³/mol. The quantitative estimate of drug-likeness (QED) is 0.391. The number of nitrogens with zero attached hydrogens (tertiary/aromatic N) is 5. The van der Waals surface area contributed by atoms with Crippen LogP contribution in [-0.4, -0.2) is 72.7 Å². The summed E-state index contributed by atoms with van der Waals surface area (Å²) < 4.78 is 31.7. The molecule has 0 spiro atoms. The van der Waals surface area contributed by atoms with Crippen molar-refractivity contribution in [3.8, 4) is 0 Å². The summed E-state index contributed by atoms with van der Waals surface area (Å²) in [6.07, 6.45) is -3.36. The van der Waals surface area contributed by atoms with Gasteiger partial charge in [0.2, 0.25) is 5.91 Å². The van der Waals surface area contributed by atoms with Gasteiger partial charge in [-0.15, -0.1) is 0 Å². The van der Waals surface area contributed by atoms with Crippen molar-refractivity contribution in [2.75, 3.05) is 13.6 Å². The molecule has 0 aliphatic carbocycles. The summed E-state index contributed by atoms with van der Waals surface area (Å²) >= 11 is 0. The number of carboxylic acids is 1. The number of alkyl halides is 3. The minimum absolute atomic E-state index is 0.0665. The molecule has 13 heteroatoms. The third-order valence-electron chi connectivity index (χ3n) is 5.81. The molecular weight excluding hydrogens is 479 g/mol. The number of para-hydroxylation sites is 2. The second-order valence-corrected chi connectivity index (χ2v) is 8.45. The van der Waals surface area contributed by atoms with Gasteiger partial charge in [0.05, 0.1) is 17.1 Å². The number of halogens is 3. The summed E-state index contributed by atoms with van der Waals surface area (Å²) in [5.41, 5.74) is 3.60. The Morgan fingerprint density at radius 2 is 1.67 bits per heavy atom. The fraction of sp³-hybridized carbons (Fsp3) is 0.348. The van der Waals surface area contributed by atoms with Gasteiger partial charge in [0.25, 0.3) is 0 Å². The van der Waals surface area contributed by atoms with E-state index in [1.54, 1.807) is 0 Å². The first-order valence-electron chi connectivity index (χ1n) is 11.1. The SMILES string of the molecule is CN1CC[C@@H](NC(=O)Cn2nc3ccccc3n2)C[C@@H]1c1nc2ccccc2[nH]1.O=C(O)C(F)(F)F. The zero-order valence-electron chi connectivity index (χ0n) is 19.2. The van der Waals surface area contributed by atoms with Crippen molar-refractivity contribution < 1.29 is 27.9 Å². The zero-order chi connectivity index (χ0) is 25.9.